The van der Waals surface area contributed by atoms with E-state index in [0.29, 0.717) is 36.4 Å². The third kappa shape index (κ3) is 3.11. The Balaban J connectivity index is 1.81. The third-order valence-electron chi connectivity index (χ3n) is 4.66. The van der Waals surface area contributed by atoms with Gasteiger partial charge in [-0.2, -0.15) is 0 Å². The summed E-state index contributed by atoms with van der Waals surface area (Å²) >= 11 is 0. The molecule has 128 valence electrons. The van der Waals surface area contributed by atoms with Gasteiger partial charge < -0.3 is 9.47 Å². The molecular weight excluding hydrogens is 314 g/mol. The molecule has 1 heterocycles. The molecule has 0 amide bonds. The van der Waals surface area contributed by atoms with Crippen LogP contribution in [0.5, 0.6) is 5.75 Å². The second kappa shape index (κ2) is 6.43. The lowest BCUT2D eigenvalue weighted by Gasteiger charge is -2.19. The van der Waals surface area contributed by atoms with E-state index >= 15 is 0 Å². The number of rotatable bonds is 6. The Kier molecular flexibility index (Phi) is 4.49. The summed E-state index contributed by atoms with van der Waals surface area (Å²) in [5.41, 5.74) is 1.14. The van der Waals surface area contributed by atoms with E-state index in [9.17, 15) is 8.78 Å². The van der Waals surface area contributed by atoms with Crippen molar-refractivity contribution in [2.24, 2.45) is 5.92 Å². The van der Waals surface area contributed by atoms with Crippen LogP contribution in [0.25, 0.3) is 0 Å². The number of halogens is 2. The molecule has 1 aliphatic rings. The summed E-state index contributed by atoms with van der Waals surface area (Å²) in [6.07, 6.45) is 2.49. The summed E-state index contributed by atoms with van der Waals surface area (Å²) in [6.45, 7) is 4.57. The fourth-order valence-electron chi connectivity index (χ4n) is 3.05. The summed E-state index contributed by atoms with van der Waals surface area (Å²) in [4.78, 5) is 8.49. The van der Waals surface area contributed by atoms with Crippen LogP contribution in [0.2, 0.25) is 0 Å². The van der Waals surface area contributed by atoms with Crippen molar-refractivity contribution in [1.29, 1.82) is 0 Å². The SMILES string of the molecule is COCc1nc(C)ncc1OC[C@@]1(c2ccc(F)c(F)c2)CC1C. The molecule has 0 radical (unpaired) electrons. The maximum absolute atomic E-state index is 13.6. The number of nitrogens with zero attached hydrogens (tertiary/aromatic N) is 2. The smallest absolute Gasteiger partial charge is 0.161 e. The summed E-state index contributed by atoms with van der Waals surface area (Å²) in [7, 11) is 1.59. The largest absolute Gasteiger partial charge is 0.489 e. The molecule has 1 unspecified atom stereocenters. The fraction of sp³-hybridized carbons (Fsp3) is 0.444. The molecule has 6 heteroatoms. The van der Waals surface area contributed by atoms with Gasteiger partial charge in [0.2, 0.25) is 0 Å². The Bertz CT molecular complexity index is 754. The van der Waals surface area contributed by atoms with E-state index in [4.69, 9.17) is 9.47 Å². The number of ether oxygens (including phenoxy) is 2. The van der Waals surface area contributed by atoms with Crippen molar-refractivity contribution in [1.82, 2.24) is 9.97 Å². The lowest BCUT2D eigenvalue weighted by molar-refractivity contribution is 0.173. The molecule has 24 heavy (non-hydrogen) atoms. The van der Waals surface area contributed by atoms with Crippen molar-refractivity contribution in [3.8, 4) is 5.75 Å². The van der Waals surface area contributed by atoms with Crippen molar-refractivity contribution >= 4 is 0 Å². The predicted octanol–water partition coefficient (Wildman–Crippen LogP) is 3.57. The van der Waals surface area contributed by atoms with Gasteiger partial charge in [0.25, 0.3) is 0 Å². The van der Waals surface area contributed by atoms with Crippen molar-refractivity contribution in [3.63, 3.8) is 0 Å². The van der Waals surface area contributed by atoms with Crippen LogP contribution in [0.3, 0.4) is 0 Å². The quantitative estimate of drug-likeness (QED) is 0.810. The molecule has 3 rings (SSSR count). The third-order valence-corrected chi connectivity index (χ3v) is 4.66. The van der Waals surface area contributed by atoms with E-state index in [2.05, 4.69) is 16.9 Å². The van der Waals surface area contributed by atoms with Crippen LogP contribution in [0, 0.1) is 24.5 Å². The monoisotopic (exact) mass is 334 g/mol. The van der Waals surface area contributed by atoms with Gasteiger partial charge in [-0.25, -0.2) is 18.7 Å². The second-order valence-electron chi connectivity index (χ2n) is 6.34. The van der Waals surface area contributed by atoms with E-state index in [1.165, 1.54) is 12.1 Å². The van der Waals surface area contributed by atoms with E-state index in [1.54, 1.807) is 26.3 Å². The number of benzene rings is 1. The first-order valence-corrected chi connectivity index (χ1v) is 7.86. The molecule has 0 N–H and O–H groups in total. The average molecular weight is 334 g/mol. The van der Waals surface area contributed by atoms with Gasteiger partial charge in [0.05, 0.1) is 19.4 Å². The van der Waals surface area contributed by atoms with Gasteiger partial charge in [0, 0.05) is 12.5 Å². The molecule has 2 aromatic rings. The topological polar surface area (TPSA) is 44.2 Å². The van der Waals surface area contributed by atoms with Crippen molar-refractivity contribution in [3.05, 3.63) is 53.1 Å². The first-order chi connectivity index (χ1) is 11.5. The Labute approximate surface area is 139 Å². The molecule has 1 saturated carbocycles. The predicted molar refractivity (Wildman–Crippen MR) is 84.8 cm³/mol. The molecule has 0 bridgehead atoms. The molecule has 1 fully saturated rings. The molecule has 1 aromatic heterocycles. The van der Waals surface area contributed by atoms with Crippen molar-refractivity contribution in [2.75, 3.05) is 13.7 Å². The van der Waals surface area contributed by atoms with Crippen LogP contribution in [0.15, 0.2) is 24.4 Å². The minimum absolute atomic E-state index is 0.302. The van der Waals surface area contributed by atoms with Crippen LogP contribution in [-0.4, -0.2) is 23.7 Å². The Hall–Kier alpha value is -2.08. The van der Waals surface area contributed by atoms with Gasteiger partial charge >= 0.3 is 0 Å². The molecule has 1 aromatic carbocycles. The van der Waals surface area contributed by atoms with Gasteiger partial charge in [-0.05, 0) is 37.0 Å². The van der Waals surface area contributed by atoms with Gasteiger partial charge in [-0.3, -0.25) is 0 Å². The average Bonchev–Trinajstić information content (AvgIpc) is 3.21. The normalized spacial score (nSPS) is 22.5. The molecule has 4 nitrogen and oxygen atoms in total. The van der Waals surface area contributed by atoms with Crippen LogP contribution in [0.4, 0.5) is 8.78 Å². The van der Waals surface area contributed by atoms with Crippen molar-refractivity contribution < 1.29 is 18.3 Å². The summed E-state index contributed by atoms with van der Waals surface area (Å²) in [5, 5.41) is 0. The zero-order chi connectivity index (χ0) is 17.3. The van der Waals surface area contributed by atoms with E-state index < -0.39 is 11.6 Å². The Morgan fingerprint density at radius 1 is 1.29 bits per heavy atom. The van der Waals surface area contributed by atoms with E-state index in [1.807, 2.05) is 0 Å². The Morgan fingerprint density at radius 2 is 2.04 bits per heavy atom. The first-order valence-electron chi connectivity index (χ1n) is 7.86. The number of hydrogen-bond donors (Lipinski definition) is 0. The zero-order valence-corrected chi connectivity index (χ0v) is 14.0. The number of aromatic nitrogens is 2. The standard InChI is InChI=1S/C18H20F2N2O2/c1-11-7-18(11,13-4-5-14(19)15(20)6-13)10-24-17-8-21-12(2)22-16(17)9-23-3/h4-6,8,11H,7,9-10H2,1-3H3/t11?,18-/m0/s1. The van der Waals surface area contributed by atoms with Gasteiger partial charge in [-0.1, -0.05) is 13.0 Å². The highest BCUT2D eigenvalue weighted by Crippen LogP contribution is 2.54. The maximum atomic E-state index is 13.6. The molecule has 1 aliphatic carbocycles. The molecule has 0 aliphatic heterocycles. The molecular formula is C18H20F2N2O2. The van der Waals surface area contributed by atoms with Crippen molar-refractivity contribution in [2.45, 2.75) is 32.3 Å². The highest BCUT2D eigenvalue weighted by atomic mass is 19.2. The molecule has 0 spiro atoms. The summed E-state index contributed by atoms with van der Waals surface area (Å²) in [5.74, 6) is -0.130. The number of aryl methyl sites for hydroxylation is 1. The van der Waals surface area contributed by atoms with Crippen LogP contribution >= 0.6 is 0 Å². The Morgan fingerprint density at radius 3 is 2.67 bits per heavy atom. The van der Waals surface area contributed by atoms with Gasteiger partial charge in [0.1, 0.15) is 11.5 Å². The summed E-state index contributed by atoms with van der Waals surface area (Å²) in [6, 6.07) is 4.07. The lowest BCUT2D eigenvalue weighted by Crippen LogP contribution is -2.21. The number of methoxy groups -OCH3 is 1. The minimum Gasteiger partial charge on any atom is -0.489 e. The molecule has 0 saturated heterocycles. The van der Waals surface area contributed by atoms with Crippen LogP contribution in [0.1, 0.15) is 30.4 Å². The lowest BCUT2D eigenvalue weighted by atomic mass is 9.94. The second-order valence-corrected chi connectivity index (χ2v) is 6.34. The highest BCUT2D eigenvalue weighted by molar-refractivity contribution is 5.35. The number of hydrogen-bond acceptors (Lipinski definition) is 4. The zero-order valence-electron chi connectivity index (χ0n) is 14.0. The van der Waals surface area contributed by atoms with E-state index in [0.717, 1.165) is 12.0 Å². The van der Waals surface area contributed by atoms with Crippen LogP contribution in [-0.2, 0) is 16.8 Å². The highest BCUT2D eigenvalue weighted by Gasteiger charge is 2.53. The van der Waals surface area contributed by atoms with Crippen LogP contribution < -0.4 is 4.74 Å². The fourth-order valence-corrected chi connectivity index (χ4v) is 3.05. The molecule has 2 atom stereocenters. The minimum atomic E-state index is -0.836. The first kappa shape index (κ1) is 16.8. The van der Waals surface area contributed by atoms with Gasteiger partial charge in [0.15, 0.2) is 17.4 Å². The maximum Gasteiger partial charge on any atom is 0.161 e. The van der Waals surface area contributed by atoms with E-state index in [-0.39, 0.29) is 5.41 Å². The van der Waals surface area contributed by atoms with Gasteiger partial charge in [-0.15, -0.1) is 0 Å². The summed E-state index contributed by atoms with van der Waals surface area (Å²) < 4.78 is 37.9.